The maximum atomic E-state index is 12.0. The Hall–Kier alpha value is -0.800. The summed E-state index contributed by atoms with van der Waals surface area (Å²) in [6.45, 7) is 7.47. The lowest BCUT2D eigenvalue weighted by Gasteiger charge is -2.15. The molecule has 1 amide bonds. The first-order chi connectivity index (χ1) is 7.88. The van der Waals surface area contributed by atoms with Crippen molar-refractivity contribution in [2.24, 2.45) is 0 Å². The summed E-state index contributed by atoms with van der Waals surface area (Å²) in [7, 11) is 0. The summed E-state index contributed by atoms with van der Waals surface area (Å²) in [5.74, 6) is -0.226. The summed E-state index contributed by atoms with van der Waals surface area (Å²) in [5, 5.41) is 3.54. The van der Waals surface area contributed by atoms with Crippen molar-refractivity contribution in [3.05, 3.63) is 27.0 Å². The Morgan fingerprint density at radius 2 is 2.00 bits per heavy atom. The van der Waals surface area contributed by atoms with Crippen LogP contribution < -0.4 is 5.32 Å². The Morgan fingerprint density at radius 3 is 2.53 bits per heavy atom. The Bertz CT molecular complexity index is 447. The van der Waals surface area contributed by atoms with Crippen LogP contribution in [-0.2, 0) is 0 Å². The van der Waals surface area contributed by atoms with Gasteiger partial charge in [0, 0.05) is 6.04 Å². The molecule has 1 N–H and O–H groups in total. The molecule has 5 heteroatoms. The number of nitrogens with one attached hydrogen (secondary N) is 1. The number of halogens is 2. The van der Waals surface area contributed by atoms with Gasteiger partial charge in [-0.1, -0.05) is 30.1 Å². The first-order valence-electron chi connectivity index (χ1n) is 5.51. The molecule has 0 aliphatic rings. The van der Waals surface area contributed by atoms with Crippen molar-refractivity contribution in [1.82, 2.24) is 10.3 Å². The van der Waals surface area contributed by atoms with E-state index in [0.29, 0.717) is 21.8 Å². The van der Waals surface area contributed by atoms with E-state index >= 15 is 0 Å². The molecular formula is C12H16Cl2N2O. The van der Waals surface area contributed by atoms with Gasteiger partial charge >= 0.3 is 0 Å². The minimum atomic E-state index is -0.226. The van der Waals surface area contributed by atoms with Gasteiger partial charge in [-0.3, -0.25) is 4.79 Å². The second kappa shape index (κ2) is 5.69. The molecule has 1 heterocycles. The van der Waals surface area contributed by atoms with Crippen LogP contribution in [0, 0.1) is 13.8 Å². The highest BCUT2D eigenvalue weighted by atomic mass is 35.5. The van der Waals surface area contributed by atoms with Crippen molar-refractivity contribution in [3.63, 3.8) is 0 Å². The molecule has 3 nitrogen and oxygen atoms in total. The molecule has 0 aliphatic heterocycles. The van der Waals surface area contributed by atoms with Gasteiger partial charge in [0.2, 0.25) is 0 Å². The molecule has 0 bridgehead atoms. The summed E-state index contributed by atoms with van der Waals surface area (Å²) in [6.07, 6.45) is 0.857. The molecular weight excluding hydrogens is 259 g/mol. The number of aromatic nitrogens is 1. The lowest BCUT2D eigenvalue weighted by molar-refractivity contribution is 0.0938. The second-order valence-corrected chi connectivity index (χ2v) is 4.82. The smallest absolute Gasteiger partial charge is 0.254 e. The lowest BCUT2D eigenvalue weighted by atomic mass is 10.1. The van der Waals surface area contributed by atoms with Crippen molar-refractivity contribution < 1.29 is 4.79 Å². The van der Waals surface area contributed by atoms with Crippen molar-refractivity contribution in [2.45, 2.75) is 40.2 Å². The molecule has 0 radical (unpaired) electrons. The van der Waals surface area contributed by atoms with Gasteiger partial charge in [-0.25, -0.2) is 4.98 Å². The van der Waals surface area contributed by atoms with Gasteiger partial charge in [-0.05, 0) is 32.8 Å². The quantitative estimate of drug-likeness (QED) is 0.857. The van der Waals surface area contributed by atoms with Crippen LogP contribution >= 0.6 is 23.2 Å². The Morgan fingerprint density at radius 1 is 1.41 bits per heavy atom. The number of pyridine rings is 1. The molecule has 1 rings (SSSR count). The van der Waals surface area contributed by atoms with E-state index in [0.717, 1.165) is 6.42 Å². The molecule has 0 aromatic carbocycles. The van der Waals surface area contributed by atoms with Gasteiger partial charge in [0.25, 0.3) is 5.91 Å². The monoisotopic (exact) mass is 274 g/mol. The molecule has 0 saturated carbocycles. The van der Waals surface area contributed by atoms with E-state index in [9.17, 15) is 4.79 Å². The third-order valence-corrected chi connectivity index (χ3v) is 3.54. The van der Waals surface area contributed by atoms with Crippen LogP contribution in [0.15, 0.2) is 0 Å². The zero-order chi connectivity index (χ0) is 13.2. The number of carbonyl (C=O) groups is 1. The van der Waals surface area contributed by atoms with Crippen LogP contribution in [0.5, 0.6) is 0 Å². The predicted octanol–water partition coefficient (Wildman–Crippen LogP) is 3.53. The molecule has 1 unspecified atom stereocenters. The number of nitrogens with zero attached hydrogens (tertiary/aromatic N) is 1. The van der Waals surface area contributed by atoms with E-state index in [-0.39, 0.29) is 17.1 Å². The molecule has 1 atom stereocenters. The fourth-order valence-corrected chi connectivity index (χ4v) is 1.94. The zero-order valence-corrected chi connectivity index (χ0v) is 11.9. The molecule has 1 aromatic heterocycles. The van der Waals surface area contributed by atoms with E-state index < -0.39 is 0 Å². The average Bonchev–Trinajstić information content (AvgIpc) is 2.25. The molecule has 17 heavy (non-hydrogen) atoms. The number of amides is 1. The van der Waals surface area contributed by atoms with Crippen LogP contribution in [0.25, 0.3) is 0 Å². The second-order valence-electron chi connectivity index (χ2n) is 4.08. The summed E-state index contributed by atoms with van der Waals surface area (Å²) < 4.78 is 0. The first-order valence-corrected chi connectivity index (χ1v) is 6.27. The van der Waals surface area contributed by atoms with E-state index in [1.54, 1.807) is 13.8 Å². The number of hydrogen-bond acceptors (Lipinski definition) is 2. The summed E-state index contributed by atoms with van der Waals surface area (Å²) >= 11 is 12.1. The minimum Gasteiger partial charge on any atom is -0.349 e. The third-order valence-electron chi connectivity index (χ3n) is 2.71. The van der Waals surface area contributed by atoms with Crippen molar-refractivity contribution in [2.75, 3.05) is 0 Å². The van der Waals surface area contributed by atoms with Gasteiger partial charge < -0.3 is 5.32 Å². The fraction of sp³-hybridized carbons (Fsp3) is 0.500. The van der Waals surface area contributed by atoms with Gasteiger partial charge in [0.05, 0.1) is 16.3 Å². The van der Waals surface area contributed by atoms with E-state index in [1.165, 1.54) is 0 Å². The van der Waals surface area contributed by atoms with E-state index in [2.05, 4.69) is 10.3 Å². The van der Waals surface area contributed by atoms with Gasteiger partial charge in [0.1, 0.15) is 5.15 Å². The first kappa shape index (κ1) is 14.3. The normalized spacial score (nSPS) is 12.4. The lowest BCUT2D eigenvalue weighted by Crippen LogP contribution is -2.32. The van der Waals surface area contributed by atoms with Crippen LogP contribution in [0.4, 0.5) is 0 Å². The highest BCUT2D eigenvalue weighted by Crippen LogP contribution is 2.27. The standard InChI is InChI=1S/C12H16Cl2N2O/c1-5-6(2)15-12(17)9-7(3)10(13)8(4)16-11(9)14/h6H,5H2,1-4H3,(H,15,17). The molecule has 1 aromatic rings. The third kappa shape index (κ3) is 3.11. The SMILES string of the molecule is CCC(C)NC(=O)c1c(Cl)nc(C)c(Cl)c1C. The summed E-state index contributed by atoms with van der Waals surface area (Å²) in [4.78, 5) is 16.1. The topological polar surface area (TPSA) is 42.0 Å². The maximum absolute atomic E-state index is 12.0. The molecule has 0 saturated heterocycles. The summed E-state index contributed by atoms with van der Waals surface area (Å²) in [6, 6.07) is 0.0954. The van der Waals surface area contributed by atoms with Gasteiger partial charge in [-0.2, -0.15) is 0 Å². The minimum absolute atomic E-state index is 0.0954. The predicted molar refractivity (Wildman–Crippen MR) is 71.0 cm³/mol. The zero-order valence-electron chi connectivity index (χ0n) is 10.4. The highest BCUT2D eigenvalue weighted by Gasteiger charge is 2.19. The maximum Gasteiger partial charge on any atom is 0.254 e. The fourth-order valence-electron chi connectivity index (χ4n) is 1.45. The molecule has 0 aliphatic carbocycles. The molecule has 0 spiro atoms. The molecule has 0 fully saturated rings. The van der Waals surface area contributed by atoms with Crippen LogP contribution in [-0.4, -0.2) is 16.9 Å². The largest absolute Gasteiger partial charge is 0.349 e. The van der Waals surface area contributed by atoms with Crippen LogP contribution in [0.1, 0.15) is 41.9 Å². The van der Waals surface area contributed by atoms with Crippen molar-refractivity contribution in [3.8, 4) is 0 Å². The average molecular weight is 275 g/mol. The number of rotatable bonds is 3. The Balaban J connectivity index is 3.14. The Labute approximate surface area is 112 Å². The van der Waals surface area contributed by atoms with Crippen molar-refractivity contribution >= 4 is 29.1 Å². The van der Waals surface area contributed by atoms with Crippen LogP contribution in [0.2, 0.25) is 10.2 Å². The highest BCUT2D eigenvalue weighted by molar-refractivity contribution is 6.35. The van der Waals surface area contributed by atoms with E-state index in [1.807, 2.05) is 13.8 Å². The van der Waals surface area contributed by atoms with Crippen molar-refractivity contribution in [1.29, 1.82) is 0 Å². The van der Waals surface area contributed by atoms with Crippen LogP contribution in [0.3, 0.4) is 0 Å². The van der Waals surface area contributed by atoms with Gasteiger partial charge in [0.15, 0.2) is 0 Å². The number of aryl methyl sites for hydroxylation is 1. The Kier molecular flexibility index (Phi) is 4.78. The number of carbonyl (C=O) groups excluding carboxylic acids is 1. The van der Waals surface area contributed by atoms with Gasteiger partial charge in [-0.15, -0.1) is 0 Å². The van der Waals surface area contributed by atoms with E-state index in [4.69, 9.17) is 23.2 Å². The molecule has 94 valence electrons. The summed E-state index contributed by atoms with van der Waals surface area (Å²) in [5.41, 5.74) is 1.67. The number of hydrogen-bond donors (Lipinski definition) is 1.